The summed E-state index contributed by atoms with van der Waals surface area (Å²) in [6, 6.07) is 66.8. The van der Waals surface area contributed by atoms with E-state index in [1.807, 2.05) is 0 Å². The third-order valence-electron chi connectivity index (χ3n) is 9.29. The maximum atomic E-state index is 6.99. The molecule has 2 nitrogen and oxygen atoms in total. The first-order chi connectivity index (χ1) is 23.8. The molecule has 0 amide bonds. The average Bonchev–Trinajstić information content (AvgIpc) is 3.31. The number of ether oxygens (including phenoxy) is 1. The molecule has 0 aliphatic carbocycles. The zero-order valence-corrected chi connectivity index (χ0v) is 26.3. The van der Waals surface area contributed by atoms with E-state index >= 15 is 0 Å². The minimum atomic E-state index is 0.835. The molecule has 0 atom stereocenters. The first-order valence-corrected chi connectivity index (χ1v) is 16.3. The monoisotopic (exact) mass is 613 g/mol. The quantitative estimate of drug-likeness (QED) is 0.191. The predicted octanol–water partition coefficient (Wildman–Crippen LogP) is 13.1. The van der Waals surface area contributed by atoms with Gasteiger partial charge in [0.2, 0.25) is 0 Å². The first-order valence-electron chi connectivity index (χ1n) is 16.3. The van der Waals surface area contributed by atoms with Gasteiger partial charge in [-0.3, -0.25) is 0 Å². The second kappa shape index (κ2) is 11.8. The maximum Gasteiger partial charge on any atom is 0.143 e. The SMILES string of the molecule is c1ccc(-c2ccc(N(c3ccc(-c4ccccc4)cc3)c3ccc4c(c3)Oc3c(ccc5ccccc35)-c3ccccc3-4)cc2)cc1. The molecule has 0 bridgehead atoms. The minimum Gasteiger partial charge on any atom is -0.455 e. The number of rotatable bonds is 5. The first kappa shape index (κ1) is 27.9. The molecule has 1 aliphatic heterocycles. The fourth-order valence-electron chi connectivity index (χ4n) is 6.90. The highest BCUT2D eigenvalue weighted by atomic mass is 16.5. The van der Waals surface area contributed by atoms with E-state index in [0.717, 1.165) is 50.5 Å². The third-order valence-corrected chi connectivity index (χ3v) is 9.29. The molecule has 48 heavy (non-hydrogen) atoms. The molecule has 1 heterocycles. The van der Waals surface area contributed by atoms with Crippen molar-refractivity contribution in [2.45, 2.75) is 0 Å². The molecule has 0 radical (unpaired) electrons. The lowest BCUT2D eigenvalue weighted by atomic mass is 9.93. The molecule has 2 heteroatoms. The van der Waals surface area contributed by atoms with Crippen molar-refractivity contribution < 1.29 is 4.74 Å². The summed E-state index contributed by atoms with van der Waals surface area (Å²) in [4.78, 5) is 2.31. The number of benzene rings is 8. The molecule has 0 fully saturated rings. The fraction of sp³-hybridized carbons (Fsp3) is 0. The summed E-state index contributed by atoms with van der Waals surface area (Å²) in [7, 11) is 0. The summed E-state index contributed by atoms with van der Waals surface area (Å²) in [5.74, 6) is 1.73. The number of anilines is 3. The van der Waals surface area contributed by atoms with Gasteiger partial charge < -0.3 is 9.64 Å². The molecule has 1 aliphatic rings. The Morgan fingerprint density at radius 1 is 0.333 bits per heavy atom. The van der Waals surface area contributed by atoms with Gasteiger partial charge in [-0.1, -0.05) is 140 Å². The molecule has 0 spiro atoms. The molecular weight excluding hydrogens is 583 g/mol. The van der Waals surface area contributed by atoms with Crippen molar-refractivity contribution >= 4 is 27.8 Å². The van der Waals surface area contributed by atoms with Gasteiger partial charge in [-0.15, -0.1) is 0 Å². The smallest absolute Gasteiger partial charge is 0.143 e. The van der Waals surface area contributed by atoms with Crippen molar-refractivity contribution in [3.05, 3.63) is 188 Å². The lowest BCUT2D eigenvalue weighted by molar-refractivity contribution is 0.493. The van der Waals surface area contributed by atoms with Crippen LogP contribution in [-0.2, 0) is 0 Å². The summed E-state index contributed by atoms with van der Waals surface area (Å²) >= 11 is 0. The largest absolute Gasteiger partial charge is 0.455 e. The van der Waals surface area contributed by atoms with Crippen LogP contribution in [0.25, 0.3) is 55.3 Å². The minimum absolute atomic E-state index is 0.835. The van der Waals surface area contributed by atoms with Crippen molar-refractivity contribution in [2.75, 3.05) is 4.90 Å². The molecule has 8 aromatic carbocycles. The summed E-state index contributed by atoms with van der Waals surface area (Å²) in [6.45, 7) is 0. The second-order valence-corrected chi connectivity index (χ2v) is 12.2. The number of hydrogen-bond acceptors (Lipinski definition) is 2. The van der Waals surface area contributed by atoms with Gasteiger partial charge in [-0.25, -0.2) is 0 Å². The van der Waals surface area contributed by atoms with Crippen LogP contribution in [0.3, 0.4) is 0 Å². The molecule has 8 aromatic rings. The zero-order chi connectivity index (χ0) is 31.9. The van der Waals surface area contributed by atoms with Crippen LogP contribution in [0.4, 0.5) is 17.1 Å². The van der Waals surface area contributed by atoms with Crippen molar-refractivity contribution in [3.63, 3.8) is 0 Å². The van der Waals surface area contributed by atoms with Crippen molar-refractivity contribution in [3.8, 4) is 56.0 Å². The maximum absolute atomic E-state index is 6.99. The molecule has 0 saturated heterocycles. The van der Waals surface area contributed by atoms with Crippen LogP contribution < -0.4 is 9.64 Å². The summed E-state index contributed by atoms with van der Waals surface area (Å²) < 4.78 is 6.99. The molecule has 0 aromatic heterocycles. The van der Waals surface area contributed by atoms with Crippen molar-refractivity contribution in [1.82, 2.24) is 0 Å². The van der Waals surface area contributed by atoms with Gasteiger partial charge in [0.15, 0.2) is 0 Å². The van der Waals surface area contributed by atoms with Crippen LogP contribution in [0.15, 0.2) is 188 Å². The van der Waals surface area contributed by atoms with Crippen molar-refractivity contribution in [1.29, 1.82) is 0 Å². The summed E-state index contributed by atoms with van der Waals surface area (Å²) in [5, 5.41) is 2.26. The Morgan fingerprint density at radius 3 is 1.44 bits per heavy atom. The van der Waals surface area contributed by atoms with E-state index in [1.54, 1.807) is 0 Å². The van der Waals surface area contributed by atoms with E-state index in [1.165, 1.54) is 33.4 Å². The molecule has 0 N–H and O–H groups in total. The highest BCUT2D eigenvalue weighted by Gasteiger charge is 2.24. The Hall–Kier alpha value is -6.38. The summed E-state index contributed by atoms with van der Waals surface area (Å²) in [5.41, 5.74) is 12.5. The third kappa shape index (κ3) is 4.92. The van der Waals surface area contributed by atoms with Crippen LogP contribution in [-0.4, -0.2) is 0 Å². The molecular formula is C46H31NO. The number of nitrogens with zero attached hydrogens (tertiary/aromatic N) is 1. The zero-order valence-electron chi connectivity index (χ0n) is 26.3. The topological polar surface area (TPSA) is 12.5 Å². The Labute approximate surface area is 280 Å². The van der Waals surface area contributed by atoms with E-state index < -0.39 is 0 Å². The Balaban J connectivity index is 1.20. The van der Waals surface area contributed by atoms with Gasteiger partial charge in [-0.2, -0.15) is 0 Å². The van der Waals surface area contributed by atoms with E-state index in [0.29, 0.717) is 0 Å². The second-order valence-electron chi connectivity index (χ2n) is 12.2. The van der Waals surface area contributed by atoms with Crippen LogP contribution >= 0.6 is 0 Å². The van der Waals surface area contributed by atoms with Gasteiger partial charge in [-0.05, 0) is 81.2 Å². The van der Waals surface area contributed by atoms with E-state index in [2.05, 4.69) is 193 Å². The van der Waals surface area contributed by atoms with Gasteiger partial charge in [0.05, 0.1) is 0 Å². The van der Waals surface area contributed by atoms with Gasteiger partial charge in [0.1, 0.15) is 11.5 Å². The van der Waals surface area contributed by atoms with E-state index in [4.69, 9.17) is 4.74 Å². The molecule has 9 rings (SSSR count). The van der Waals surface area contributed by atoms with Crippen LogP contribution in [0.1, 0.15) is 0 Å². The highest BCUT2D eigenvalue weighted by Crippen LogP contribution is 2.51. The van der Waals surface area contributed by atoms with Crippen LogP contribution in [0, 0.1) is 0 Å². The van der Waals surface area contributed by atoms with Gasteiger partial charge in [0, 0.05) is 39.6 Å². The molecule has 0 unspecified atom stereocenters. The lowest BCUT2D eigenvalue weighted by Gasteiger charge is -2.27. The van der Waals surface area contributed by atoms with Crippen LogP contribution in [0.5, 0.6) is 11.5 Å². The normalized spacial score (nSPS) is 11.5. The fourth-order valence-corrected chi connectivity index (χ4v) is 6.90. The molecule has 0 saturated carbocycles. The number of hydrogen-bond donors (Lipinski definition) is 0. The Kier molecular flexibility index (Phi) is 6.84. The summed E-state index contributed by atoms with van der Waals surface area (Å²) in [6.07, 6.45) is 0. The lowest BCUT2D eigenvalue weighted by Crippen LogP contribution is -2.10. The van der Waals surface area contributed by atoms with E-state index in [9.17, 15) is 0 Å². The van der Waals surface area contributed by atoms with Gasteiger partial charge >= 0.3 is 0 Å². The van der Waals surface area contributed by atoms with Crippen LogP contribution in [0.2, 0.25) is 0 Å². The number of fused-ring (bicyclic) bond motifs is 7. The standard InChI is InChI=1S/C46H31NO/c1-3-11-32(12-4-1)34-19-24-37(25-20-34)47(38-26-21-35(22-27-38)33-13-5-2-6-14-33)39-28-30-43-41-17-9-10-18-42(41)44-29-23-36-15-7-8-16-40(36)46(44)48-45(43)31-39/h1-31H. The average molecular weight is 614 g/mol. The van der Waals surface area contributed by atoms with E-state index in [-0.39, 0.29) is 0 Å². The highest BCUT2D eigenvalue weighted by molar-refractivity contribution is 6.00. The van der Waals surface area contributed by atoms with Crippen molar-refractivity contribution in [2.24, 2.45) is 0 Å². The van der Waals surface area contributed by atoms with Gasteiger partial charge in [0.25, 0.3) is 0 Å². The predicted molar refractivity (Wildman–Crippen MR) is 200 cm³/mol. The Bertz CT molecular complexity index is 2310. The molecule has 226 valence electrons. The Morgan fingerprint density at radius 2 is 0.812 bits per heavy atom.